The third kappa shape index (κ3) is 19.4. The zero-order chi connectivity index (χ0) is 72.4. The van der Waals surface area contributed by atoms with Gasteiger partial charge in [-0.3, -0.25) is 29.5 Å². The third-order valence-electron chi connectivity index (χ3n) is 16.3. The summed E-state index contributed by atoms with van der Waals surface area (Å²) >= 11 is 0. The second kappa shape index (κ2) is 33.1. The summed E-state index contributed by atoms with van der Waals surface area (Å²) in [5, 5.41) is 61.0. The zero-order valence-electron chi connectivity index (χ0n) is 59.5. The number of pyridine rings is 8. The van der Waals surface area contributed by atoms with Crippen molar-refractivity contribution in [3.05, 3.63) is 241 Å². The maximum atomic E-state index is 11.6. The smallest absolute Gasteiger partial charge is 0.300 e. The Hall–Kier alpha value is -10.8. The third-order valence-corrected chi connectivity index (χ3v) is 16.3. The molecule has 8 heterocycles. The number of aromatic hydroxyl groups is 4. The van der Waals surface area contributed by atoms with E-state index in [-0.39, 0.29) is 78.2 Å². The number of aliphatic carboxylic acids is 2. The van der Waals surface area contributed by atoms with Crippen LogP contribution < -0.4 is 0 Å². The second-order valence-corrected chi connectivity index (χ2v) is 28.2. The van der Waals surface area contributed by atoms with Crippen LogP contribution in [-0.2, 0) is 64.8 Å². The van der Waals surface area contributed by atoms with E-state index < -0.39 is 11.9 Å². The topological polar surface area (TPSA) is 259 Å². The first-order valence-electron chi connectivity index (χ1n) is 32.7. The average Bonchev–Trinajstić information content (AvgIpc) is 0.791. The molecule has 0 bridgehead atoms. The van der Waals surface area contributed by atoms with Crippen molar-refractivity contribution in [3.8, 4) is 136 Å². The summed E-state index contributed by atoms with van der Waals surface area (Å²) in [5.74, 6) is -1.15. The molecule has 0 aliphatic heterocycles. The summed E-state index contributed by atoms with van der Waals surface area (Å²) < 4.78 is 0. The zero-order valence-corrected chi connectivity index (χ0v) is 61.6. The number of carboxylic acids is 2. The normalized spacial score (nSPS) is 11.2. The molecule has 526 valence electrons. The number of aromatic nitrogens is 8. The summed E-state index contributed by atoms with van der Waals surface area (Å²) in [4.78, 5) is 56.0. The van der Waals surface area contributed by atoms with Gasteiger partial charge in [-0.2, -0.15) is 0 Å². The Bertz CT molecular complexity index is 4290. The van der Waals surface area contributed by atoms with Crippen molar-refractivity contribution in [1.82, 2.24) is 39.9 Å². The van der Waals surface area contributed by atoms with Gasteiger partial charge in [-0.25, -0.2) is 19.9 Å². The minimum Gasteiger partial charge on any atom is -0.507 e. The number of hydrogen-bond acceptors (Lipinski definition) is 14. The van der Waals surface area contributed by atoms with Crippen LogP contribution in [0.15, 0.2) is 219 Å². The van der Waals surface area contributed by atoms with Gasteiger partial charge >= 0.3 is 0 Å². The predicted molar refractivity (Wildman–Crippen MR) is 398 cm³/mol. The Labute approximate surface area is 617 Å². The van der Waals surface area contributed by atoms with E-state index in [9.17, 15) is 20.4 Å². The number of nitrogens with zero attached hydrogens (tertiary/aromatic N) is 8. The molecule has 12 aromatic rings. The molecule has 0 fully saturated rings. The minimum absolute atomic E-state index is 0. The van der Waals surface area contributed by atoms with E-state index in [2.05, 4.69) is 103 Å². The first-order chi connectivity index (χ1) is 47.3. The van der Waals surface area contributed by atoms with Crippen LogP contribution in [0.3, 0.4) is 0 Å². The monoisotopic (exact) mass is 1450 g/mol. The quantitative estimate of drug-likeness (QED) is 0.0744. The van der Waals surface area contributed by atoms with Crippen molar-refractivity contribution in [2.45, 2.75) is 119 Å². The van der Waals surface area contributed by atoms with Gasteiger partial charge in [0, 0.05) is 117 Å². The Morgan fingerprint density at radius 2 is 0.402 bits per heavy atom. The Morgan fingerprint density at radius 3 is 0.549 bits per heavy atom. The summed E-state index contributed by atoms with van der Waals surface area (Å²) in [5.41, 5.74) is 16.6. The van der Waals surface area contributed by atoms with Crippen LogP contribution in [0.1, 0.15) is 119 Å². The number of rotatable bonds is 10. The molecule has 4 aromatic carbocycles. The van der Waals surface area contributed by atoms with Gasteiger partial charge in [-0.15, -0.1) is 0 Å². The maximum Gasteiger partial charge on any atom is 0.300 e. The number of carboxylic acid groups (broad SMARTS) is 2. The predicted octanol–water partition coefficient (Wildman–Crippen LogP) is 19.4. The molecule has 0 aliphatic carbocycles. The SMILES string of the molecule is CC(=O)O.CC(=O)O.CC(C)(C)c1cc(-c2ccccn2)c(O)c(-c2cccc(-c3cccc(-c4cc(C(C)(C)C)cc(-c5ccccn5)c4O)n3)n2)c1.CC(C)(C)c1cc(-c2ccccn2)c(O)c(-c2cccc(-c3cccc(-c4cc(C(C)(C)C)cc(-c5ccccn5)c4O)n3)n2)c1.[Co].[Co]. The minimum atomic E-state index is -0.833. The van der Waals surface area contributed by atoms with Crippen molar-refractivity contribution >= 4 is 11.9 Å². The molecule has 0 spiro atoms. The molecule has 12 rings (SSSR count). The Morgan fingerprint density at radius 1 is 0.255 bits per heavy atom. The summed E-state index contributed by atoms with van der Waals surface area (Å²) in [6, 6.07) is 61.7. The van der Waals surface area contributed by atoms with Crippen LogP contribution >= 0.6 is 0 Å². The fraction of sp³-hybridized carbons (Fsp3) is 0.214. The van der Waals surface area contributed by atoms with Gasteiger partial charge in [-0.1, -0.05) is 132 Å². The van der Waals surface area contributed by atoms with Gasteiger partial charge in [0.15, 0.2) is 0 Å². The van der Waals surface area contributed by atoms with Crippen LogP contribution in [0.4, 0.5) is 0 Å². The molecular formula is C84H84Co2N8O8. The number of carbonyl (C=O) groups is 2. The summed E-state index contributed by atoms with van der Waals surface area (Å²) in [6.07, 6.45) is 6.90. The molecular weight excluding hydrogens is 1370 g/mol. The number of phenols is 4. The molecule has 0 aliphatic rings. The van der Waals surface area contributed by atoms with Crippen LogP contribution in [0.25, 0.3) is 113 Å². The molecule has 102 heavy (non-hydrogen) atoms. The first kappa shape index (κ1) is 78.6. The van der Waals surface area contributed by atoms with Gasteiger partial charge in [0.05, 0.1) is 68.3 Å². The van der Waals surface area contributed by atoms with Gasteiger partial charge in [-0.05, 0) is 190 Å². The molecule has 16 nitrogen and oxygen atoms in total. The number of phenolic OH excluding ortho intramolecular Hbond substituents is 4. The molecule has 0 atom stereocenters. The number of hydrogen-bond donors (Lipinski definition) is 6. The van der Waals surface area contributed by atoms with E-state index in [4.69, 9.17) is 39.7 Å². The van der Waals surface area contributed by atoms with Crippen LogP contribution in [-0.4, -0.2) is 82.4 Å². The Kier molecular flexibility index (Phi) is 25.5. The van der Waals surface area contributed by atoms with Gasteiger partial charge in [0.25, 0.3) is 11.9 Å². The fourth-order valence-corrected chi connectivity index (χ4v) is 10.8. The summed E-state index contributed by atoms with van der Waals surface area (Å²) in [6.45, 7) is 27.9. The second-order valence-electron chi connectivity index (χ2n) is 28.2. The van der Waals surface area contributed by atoms with E-state index >= 15 is 0 Å². The largest absolute Gasteiger partial charge is 0.507 e. The molecule has 8 aromatic heterocycles. The molecule has 0 saturated heterocycles. The molecule has 0 saturated carbocycles. The van der Waals surface area contributed by atoms with Crippen molar-refractivity contribution in [1.29, 1.82) is 0 Å². The van der Waals surface area contributed by atoms with Crippen molar-refractivity contribution in [2.75, 3.05) is 0 Å². The molecule has 0 unspecified atom stereocenters. The fourth-order valence-electron chi connectivity index (χ4n) is 10.8. The van der Waals surface area contributed by atoms with Crippen LogP contribution in [0.5, 0.6) is 23.0 Å². The van der Waals surface area contributed by atoms with Gasteiger partial charge in [0.2, 0.25) is 0 Å². The maximum absolute atomic E-state index is 11.6. The van der Waals surface area contributed by atoms with Gasteiger partial charge in [0.1, 0.15) is 23.0 Å². The van der Waals surface area contributed by atoms with E-state index in [1.165, 1.54) is 0 Å². The van der Waals surface area contributed by atoms with E-state index in [0.29, 0.717) is 113 Å². The average molecular weight is 1450 g/mol. The van der Waals surface area contributed by atoms with Crippen LogP contribution in [0, 0.1) is 0 Å². The first-order valence-corrected chi connectivity index (χ1v) is 32.7. The molecule has 2 radical (unpaired) electrons. The Balaban J connectivity index is 0.000000254. The van der Waals surface area contributed by atoms with Crippen molar-refractivity contribution in [2.24, 2.45) is 0 Å². The van der Waals surface area contributed by atoms with Gasteiger partial charge < -0.3 is 30.6 Å². The van der Waals surface area contributed by atoms with E-state index in [1.807, 2.05) is 194 Å². The van der Waals surface area contributed by atoms with Crippen LogP contribution in [0.2, 0.25) is 0 Å². The van der Waals surface area contributed by atoms with Crippen molar-refractivity contribution < 1.29 is 73.8 Å². The summed E-state index contributed by atoms with van der Waals surface area (Å²) in [7, 11) is 0. The molecule has 6 N–H and O–H groups in total. The molecule has 18 heteroatoms. The number of benzene rings is 4. The van der Waals surface area contributed by atoms with E-state index in [0.717, 1.165) is 36.1 Å². The standard InChI is InChI=1S/2C40H38N4O2.2C2H4O2.2Co/c2*1-39(2,3)25-21-27(31-13-7-9-19-41-31)37(45)29(23-25)33-15-11-17-35(43-33)36-18-12-16-34(44-36)30-24-26(40(4,5)6)22-28(38(30)46)32-14-8-10-20-42-32;2*1-2(3)4;;/h2*7-24,45-46H,1-6H3;2*1H3,(H,3,4);;. The molecule has 0 amide bonds. The van der Waals surface area contributed by atoms with Crippen molar-refractivity contribution in [3.63, 3.8) is 0 Å². The van der Waals surface area contributed by atoms with E-state index in [1.54, 1.807) is 24.8 Å².